The van der Waals surface area contributed by atoms with E-state index < -0.39 is 17.6 Å². The summed E-state index contributed by atoms with van der Waals surface area (Å²) in [5.74, 6) is -0.654. The molecule has 4 heterocycles. The molecule has 4 rings (SSSR count). The molecule has 9 heteroatoms. The van der Waals surface area contributed by atoms with E-state index in [1.165, 1.54) is 0 Å². The molecular weight excluding hydrogens is 364 g/mol. The van der Waals surface area contributed by atoms with Crippen molar-refractivity contribution in [2.24, 2.45) is 0 Å². The van der Waals surface area contributed by atoms with E-state index in [-0.39, 0.29) is 35.2 Å². The number of nitrogens with one attached hydrogen (secondary N) is 1. The number of rotatable bonds is 2. The van der Waals surface area contributed by atoms with E-state index in [4.69, 9.17) is 0 Å². The first-order valence-corrected chi connectivity index (χ1v) is 8.61. The lowest BCUT2D eigenvalue weighted by molar-refractivity contribution is -0.137. The van der Waals surface area contributed by atoms with Gasteiger partial charge in [0, 0.05) is 23.8 Å². The van der Waals surface area contributed by atoms with Gasteiger partial charge in [0.1, 0.15) is 11.6 Å². The lowest BCUT2D eigenvalue weighted by Crippen LogP contribution is -2.62. The third-order valence-electron chi connectivity index (χ3n) is 5.09. The Bertz CT molecular complexity index is 855. The molecule has 1 N–H and O–H groups in total. The van der Waals surface area contributed by atoms with Gasteiger partial charge >= 0.3 is 12.2 Å². The summed E-state index contributed by atoms with van der Waals surface area (Å²) in [5, 5.41) is 2.58. The number of alkyl halides is 3. The Morgan fingerprint density at radius 2 is 1.89 bits per heavy atom. The van der Waals surface area contributed by atoms with E-state index in [1.54, 1.807) is 4.90 Å². The summed E-state index contributed by atoms with van der Waals surface area (Å²) < 4.78 is 53.0. The second-order valence-electron chi connectivity index (χ2n) is 6.79. The van der Waals surface area contributed by atoms with E-state index in [2.05, 4.69) is 15.3 Å². The van der Waals surface area contributed by atoms with E-state index in [0.29, 0.717) is 6.20 Å². The Labute approximate surface area is 152 Å². The molecule has 5 nitrogen and oxygen atoms in total. The molecule has 27 heavy (non-hydrogen) atoms. The molecular formula is C18H16F4N4O. The van der Waals surface area contributed by atoms with Gasteiger partial charge in [0.25, 0.3) is 0 Å². The number of fused-ring (bicyclic) bond motifs is 2. The standard InChI is InChI=1S/C18H16F4N4O/c19-10-4-5-15(23-8-10)13-7-16(24-9-14(13)18(20,21)22)25-17(27)26-11-2-1-3-12(26)6-11/h4-5,7-9,11-12H,1-3,6H2,(H,24,25,27). The zero-order chi connectivity index (χ0) is 19.2. The van der Waals surface area contributed by atoms with Crippen LogP contribution in [0.5, 0.6) is 0 Å². The first-order valence-electron chi connectivity index (χ1n) is 8.61. The Hall–Kier alpha value is -2.71. The molecule has 2 aromatic rings. The predicted octanol–water partition coefficient (Wildman–Crippen LogP) is 4.46. The first kappa shape index (κ1) is 17.7. The quantitative estimate of drug-likeness (QED) is 0.783. The van der Waals surface area contributed by atoms with Crippen LogP contribution < -0.4 is 5.32 Å². The molecule has 2 atom stereocenters. The van der Waals surface area contributed by atoms with Gasteiger partial charge in [0.15, 0.2) is 0 Å². The number of hydrogen-bond acceptors (Lipinski definition) is 3. The van der Waals surface area contributed by atoms with Crippen molar-refractivity contribution in [2.75, 3.05) is 5.32 Å². The van der Waals surface area contributed by atoms with Crippen LogP contribution in [0.2, 0.25) is 0 Å². The molecule has 2 aliphatic rings. The second-order valence-corrected chi connectivity index (χ2v) is 6.79. The molecule has 2 amide bonds. The molecule has 0 aromatic carbocycles. The van der Waals surface area contributed by atoms with Gasteiger partial charge in [-0.15, -0.1) is 0 Å². The van der Waals surface area contributed by atoms with E-state index >= 15 is 0 Å². The van der Waals surface area contributed by atoms with Gasteiger partial charge in [0.2, 0.25) is 0 Å². The van der Waals surface area contributed by atoms with Gasteiger partial charge in [-0.1, -0.05) is 0 Å². The van der Waals surface area contributed by atoms with E-state index in [1.807, 2.05) is 0 Å². The van der Waals surface area contributed by atoms with Gasteiger partial charge < -0.3 is 4.90 Å². The summed E-state index contributed by atoms with van der Waals surface area (Å²) >= 11 is 0. The van der Waals surface area contributed by atoms with Crippen molar-refractivity contribution in [3.63, 3.8) is 0 Å². The van der Waals surface area contributed by atoms with E-state index in [9.17, 15) is 22.4 Å². The Morgan fingerprint density at radius 1 is 1.15 bits per heavy atom. The Balaban J connectivity index is 1.63. The number of amides is 2. The minimum absolute atomic E-state index is 0.000835. The SMILES string of the molecule is O=C(Nc1cc(-c2ccc(F)cn2)c(C(F)(F)F)cn1)N1C2CCCC1C2. The Kier molecular flexibility index (Phi) is 4.24. The predicted molar refractivity (Wildman–Crippen MR) is 89.3 cm³/mol. The normalized spacial score (nSPS) is 21.6. The van der Waals surface area contributed by atoms with Crippen LogP contribution in [0, 0.1) is 5.82 Å². The highest BCUT2D eigenvalue weighted by Crippen LogP contribution is 2.39. The summed E-state index contributed by atoms with van der Waals surface area (Å²) in [5.41, 5.74) is -1.32. The monoisotopic (exact) mass is 380 g/mol. The van der Waals surface area contributed by atoms with Crippen LogP contribution in [0.15, 0.2) is 30.6 Å². The van der Waals surface area contributed by atoms with Crippen LogP contribution in [0.3, 0.4) is 0 Å². The van der Waals surface area contributed by atoms with Gasteiger partial charge in [-0.25, -0.2) is 14.2 Å². The summed E-state index contributed by atoms with van der Waals surface area (Å²) in [6.07, 6.45) is 0.776. The number of nitrogens with zero attached hydrogens (tertiary/aromatic N) is 3. The molecule has 2 aromatic heterocycles. The highest BCUT2D eigenvalue weighted by molar-refractivity contribution is 5.90. The number of carbonyl (C=O) groups is 1. The van der Waals surface area contributed by atoms with Crippen molar-refractivity contribution < 1.29 is 22.4 Å². The lowest BCUT2D eigenvalue weighted by Gasteiger charge is -2.52. The van der Waals surface area contributed by atoms with Crippen LogP contribution in [0.25, 0.3) is 11.3 Å². The van der Waals surface area contributed by atoms with Gasteiger partial charge in [-0.05, 0) is 43.9 Å². The highest BCUT2D eigenvalue weighted by Gasteiger charge is 2.44. The van der Waals surface area contributed by atoms with Crippen LogP contribution in [0.1, 0.15) is 31.2 Å². The van der Waals surface area contributed by atoms with Crippen molar-refractivity contribution in [3.05, 3.63) is 42.0 Å². The molecule has 2 aliphatic heterocycles. The fourth-order valence-corrected chi connectivity index (χ4v) is 3.81. The molecule has 0 radical (unpaired) electrons. The average Bonchev–Trinajstić information content (AvgIpc) is 2.62. The maximum atomic E-state index is 13.3. The zero-order valence-corrected chi connectivity index (χ0v) is 14.1. The zero-order valence-electron chi connectivity index (χ0n) is 14.1. The number of aromatic nitrogens is 2. The average molecular weight is 380 g/mol. The van der Waals surface area contributed by atoms with E-state index in [0.717, 1.165) is 50.1 Å². The third-order valence-corrected chi connectivity index (χ3v) is 5.09. The number of halogens is 4. The van der Waals surface area contributed by atoms with Crippen molar-refractivity contribution in [2.45, 2.75) is 43.9 Å². The second kappa shape index (κ2) is 6.47. The number of piperidine rings is 1. The van der Waals surface area contributed by atoms with Crippen LogP contribution in [0.4, 0.5) is 28.2 Å². The highest BCUT2D eigenvalue weighted by atomic mass is 19.4. The fourth-order valence-electron chi connectivity index (χ4n) is 3.81. The topological polar surface area (TPSA) is 58.1 Å². The minimum atomic E-state index is -4.66. The summed E-state index contributed by atoms with van der Waals surface area (Å²) in [6.45, 7) is 0. The molecule has 0 saturated carbocycles. The number of carbonyl (C=O) groups excluding carboxylic acids is 1. The molecule has 2 unspecified atom stereocenters. The molecule has 0 aliphatic carbocycles. The van der Waals surface area contributed by atoms with Crippen molar-refractivity contribution in [1.82, 2.24) is 14.9 Å². The smallest absolute Gasteiger partial charge is 0.318 e. The largest absolute Gasteiger partial charge is 0.418 e. The van der Waals surface area contributed by atoms with Gasteiger partial charge in [-0.3, -0.25) is 10.3 Å². The maximum Gasteiger partial charge on any atom is 0.418 e. The molecule has 2 saturated heterocycles. The summed E-state index contributed by atoms with van der Waals surface area (Å²) in [4.78, 5) is 21.7. The molecule has 142 valence electrons. The van der Waals surface area contributed by atoms with Gasteiger partial charge in [-0.2, -0.15) is 13.2 Å². The van der Waals surface area contributed by atoms with Gasteiger partial charge in [0.05, 0.1) is 17.5 Å². The van der Waals surface area contributed by atoms with Crippen molar-refractivity contribution in [1.29, 1.82) is 0 Å². The number of hydrogen-bond donors (Lipinski definition) is 1. The summed E-state index contributed by atoms with van der Waals surface area (Å²) in [6, 6.07) is 3.33. The Morgan fingerprint density at radius 3 is 2.48 bits per heavy atom. The maximum absolute atomic E-state index is 13.3. The minimum Gasteiger partial charge on any atom is -0.318 e. The van der Waals surface area contributed by atoms with Crippen LogP contribution in [-0.4, -0.2) is 33.0 Å². The third kappa shape index (κ3) is 3.33. The number of anilines is 1. The van der Waals surface area contributed by atoms with Crippen molar-refractivity contribution >= 4 is 11.8 Å². The number of pyridine rings is 2. The molecule has 2 bridgehead atoms. The molecule has 0 spiro atoms. The van der Waals surface area contributed by atoms with Crippen LogP contribution >= 0.6 is 0 Å². The van der Waals surface area contributed by atoms with Crippen molar-refractivity contribution in [3.8, 4) is 11.3 Å². The summed E-state index contributed by atoms with van der Waals surface area (Å²) in [7, 11) is 0. The number of urea groups is 1. The fraction of sp³-hybridized carbons (Fsp3) is 0.389. The lowest BCUT2D eigenvalue weighted by atomic mass is 9.80. The van der Waals surface area contributed by atoms with Crippen LogP contribution in [-0.2, 0) is 6.18 Å². The first-order chi connectivity index (χ1) is 12.8. The molecule has 2 fully saturated rings.